The molecule has 4 heteroatoms. The Hall–Kier alpha value is -2.82. The van der Waals surface area contributed by atoms with E-state index in [9.17, 15) is 0 Å². The van der Waals surface area contributed by atoms with Gasteiger partial charge in [-0.2, -0.15) is 0 Å². The van der Waals surface area contributed by atoms with Crippen LogP contribution in [0.15, 0.2) is 84.9 Å². The third-order valence-corrected chi connectivity index (χ3v) is 5.93. The highest BCUT2D eigenvalue weighted by atomic mass is 16.5. The number of benzene rings is 3. The minimum absolute atomic E-state index is 0.000140. The summed E-state index contributed by atoms with van der Waals surface area (Å²) in [5.74, 6) is 1.57. The molecule has 31 heavy (non-hydrogen) atoms. The standard InChI is InChI=1S/C27H32N2O2/c1-30-26-14-8-9-15-27(26)31-25(24-12-6-3-7-13-24)16-17-28-18-20-29(21-19-28)22-23-10-4-2-5-11-23/h2-15,25H,16-22H2,1H3/t25-/m0/s1. The Balaban J connectivity index is 1.34. The lowest BCUT2D eigenvalue weighted by atomic mass is 10.1. The van der Waals surface area contributed by atoms with Crippen molar-refractivity contribution in [2.24, 2.45) is 0 Å². The van der Waals surface area contributed by atoms with Crippen molar-refractivity contribution in [3.63, 3.8) is 0 Å². The molecule has 0 amide bonds. The Morgan fingerprint density at radius 3 is 1.97 bits per heavy atom. The molecule has 1 fully saturated rings. The van der Waals surface area contributed by atoms with Crippen molar-refractivity contribution in [1.82, 2.24) is 9.80 Å². The van der Waals surface area contributed by atoms with Crippen LogP contribution in [-0.4, -0.2) is 49.6 Å². The van der Waals surface area contributed by atoms with Crippen molar-refractivity contribution in [3.05, 3.63) is 96.1 Å². The molecule has 162 valence electrons. The van der Waals surface area contributed by atoms with E-state index in [2.05, 4.69) is 70.5 Å². The molecule has 0 aromatic heterocycles. The second-order valence-corrected chi connectivity index (χ2v) is 8.06. The van der Waals surface area contributed by atoms with E-state index >= 15 is 0 Å². The number of rotatable bonds is 9. The van der Waals surface area contributed by atoms with Gasteiger partial charge in [-0.25, -0.2) is 0 Å². The van der Waals surface area contributed by atoms with Crippen molar-refractivity contribution in [2.75, 3.05) is 39.8 Å². The molecule has 1 aliphatic heterocycles. The number of hydrogen-bond donors (Lipinski definition) is 0. The quantitative estimate of drug-likeness (QED) is 0.489. The van der Waals surface area contributed by atoms with Crippen LogP contribution < -0.4 is 9.47 Å². The summed E-state index contributed by atoms with van der Waals surface area (Å²) in [5, 5.41) is 0. The summed E-state index contributed by atoms with van der Waals surface area (Å²) in [6.45, 7) is 6.48. The average molecular weight is 417 g/mol. The largest absolute Gasteiger partial charge is 0.493 e. The lowest BCUT2D eigenvalue weighted by Gasteiger charge is -2.35. The van der Waals surface area contributed by atoms with E-state index in [1.165, 1.54) is 11.1 Å². The van der Waals surface area contributed by atoms with Gasteiger partial charge in [0.05, 0.1) is 7.11 Å². The molecule has 4 nitrogen and oxygen atoms in total. The molecule has 0 N–H and O–H groups in total. The second-order valence-electron chi connectivity index (χ2n) is 8.06. The van der Waals surface area contributed by atoms with Gasteiger partial charge in [0.25, 0.3) is 0 Å². The fourth-order valence-corrected chi connectivity index (χ4v) is 4.14. The molecular formula is C27H32N2O2. The molecule has 0 unspecified atom stereocenters. The molecule has 0 radical (unpaired) electrons. The van der Waals surface area contributed by atoms with Crippen LogP contribution in [-0.2, 0) is 6.54 Å². The number of ether oxygens (including phenoxy) is 2. The first-order valence-corrected chi connectivity index (χ1v) is 11.1. The summed E-state index contributed by atoms with van der Waals surface area (Å²) in [7, 11) is 1.69. The Labute approximate surface area is 186 Å². The topological polar surface area (TPSA) is 24.9 Å². The van der Waals surface area contributed by atoms with Crippen molar-refractivity contribution < 1.29 is 9.47 Å². The zero-order chi connectivity index (χ0) is 21.3. The van der Waals surface area contributed by atoms with E-state index < -0.39 is 0 Å². The molecule has 0 aliphatic carbocycles. The maximum Gasteiger partial charge on any atom is 0.162 e. The maximum absolute atomic E-state index is 6.45. The number of methoxy groups -OCH3 is 1. The number of para-hydroxylation sites is 2. The van der Waals surface area contributed by atoms with E-state index in [0.717, 1.165) is 57.2 Å². The van der Waals surface area contributed by atoms with Crippen LogP contribution >= 0.6 is 0 Å². The summed E-state index contributed by atoms with van der Waals surface area (Å²) in [6.07, 6.45) is 0.945. The van der Waals surface area contributed by atoms with Gasteiger partial charge >= 0.3 is 0 Å². The van der Waals surface area contributed by atoms with Gasteiger partial charge < -0.3 is 14.4 Å². The molecule has 0 bridgehead atoms. The third kappa shape index (κ3) is 6.09. The van der Waals surface area contributed by atoms with Crippen molar-refractivity contribution in [2.45, 2.75) is 19.1 Å². The molecule has 4 rings (SSSR count). The Bertz CT molecular complexity index is 909. The highest BCUT2D eigenvalue weighted by Crippen LogP contribution is 2.32. The highest BCUT2D eigenvalue weighted by molar-refractivity contribution is 5.40. The van der Waals surface area contributed by atoms with Gasteiger partial charge in [0, 0.05) is 45.7 Å². The molecule has 1 saturated heterocycles. The molecule has 1 heterocycles. The predicted octanol–water partition coefficient (Wildman–Crippen LogP) is 5.02. The SMILES string of the molecule is COc1ccccc1O[C@@H](CCN1CCN(Cc2ccccc2)CC1)c1ccccc1. The molecule has 0 spiro atoms. The minimum Gasteiger partial charge on any atom is -0.493 e. The van der Waals surface area contributed by atoms with Crippen LogP contribution in [0.4, 0.5) is 0 Å². The molecule has 3 aromatic carbocycles. The molecular weight excluding hydrogens is 384 g/mol. The first kappa shape index (κ1) is 21.4. The number of nitrogens with zero attached hydrogens (tertiary/aromatic N) is 2. The van der Waals surface area contributed by atoms with Crippen LogP contribution in [0, 0.1) is 0 Å². The first-order chi connectivity index (χ1) is 15.3. The van der Waals surface area contributed by atoms with E-state index in [1.54, 1.807) is 7.11 Å². The number of piperazine rings is 1. The van der Waals surface area contributed by atoms with Gasteiger partial charge in [-0.3, -0.25) is 4.90 Å². The van der Waals surface area contributed by atoms with Gasteiger partial charge in [-0.1, -0.05) is 72.8 Å². The average Bonchev–Trinajstić information content (AvgIpc) is 2.84. The lowest BCUT2D eigenvalue weighted by Crippen LogP contribution is -2.46. The smallest absolute Gasteiger partial charge is 0.162 e. The Morgan fingerprint density at radius 2 is 1.29 bits per heavy atom. The highest BCUT2D eigenvalue weighted by Gasteiger charge is 2.20. The Kier molecular flexibility index (Phi) is 7.59. The van der Waals surface area contributed by atoms with Gasteiger partial charge in [-0.15, -0.1) is 0 Å². The molecule has 0 saturated carbocycles. The monoisotopic (exact) mass is 416 g/mol. The summed E-state index contributed by atoms with van der Waals surface area (Å²) < 4.78 is 11.9. The summed E-state index contributed by atoms with van der Waals surface area (Å²) >= 11 is 0. The van der Waals surface area contributed by atoms with Gasteiger partial charge in [-0.05, 0) is 23.3 Å². The van der Waals surface area contributed by atoms with Gasteiger partial charge in [0.2, 0.25) is 0 Å². The van der Waals surface area contributed by atoms with Crippen LogP contribution in [0.25, 0.3) is 0 Å². The van der Waals surface area contributed by atoms with E-state index in [0.29, 0.717) is 0 Å². The van der Waals surface area contributed by atoms with Crippen molar-refractivity contribution >= 4 is 0 Å². The summed E-state index contributed by atoms with van der Waals surface area (Å²) in [5.41, 5.74) is 2.60. The molecule has 1 aliphatic rings. The zero-order valence-corrected chi connectivity index (χ0v) is 18.3. The first-order valence-electron chi connectivity index (χ1n) is 11.1. The fraction of sp³-hybridized carbons (Fsp3) is 0.333. The number of hydrogen-bond acceptors (Lipinski definition) is 4. The van der Waals surface area contributed by atoms with Gasteiger partial charge in [0.1, 0.15) is 6.10 Å². The van der Waals surface area contributed by atoms with Crippen LogP contribution in [0.3, 0.4) is 0 Å². The third-order valence-electron chi connectivity index (χ3n) is 5.93. The molecule has 3 aromatic rings. The van der Waals surface area contributed by atoms with Crippen LogP contribution in [0.1, 0.15) is 23.7 Å². The summed E-state index contributed by atoms with van der Waals surface area (Å²) in [6, 6.07) is 29.2. The second kappa shape index (κ2) is 11.0. The van der Waals surface area contributed by atoms with Crippen molar-refractivity contribution in [1.29, 1.82) is 0 Å². The fourth-order valence-electron chi connectivity index (χ4n) is 4.14. The summed E-state index contributed by atoms with van der Waals surface area (Å²) in [4.78, 5) is 5.11. The zero-order valence-electron chi connectivity index (χ0n) is 18.3. The lowest BCUT2D eigenvalue weighted by molar-refractivity contribution is 0.106. The van der Waals surface area contributed by atoms with Gasteiger partial charge in [0.15, 0.2) is 11.5 Å². The Morgan fingerprint density at radius 1 is 0.710 bits per heavy atom. The van der Waals surface area contributed by atoms with E-state index in [1.807, 2.05) is 24.3 Å². The van der Waals surface area contributed by atoms with Crippen molar-refractivity contribution in [3.8, 4) is 11.5 Å². The van der Waals surface area contributed by atoms with E-state index in [4.69, 9.17) is 9.47 Å². The molecule has 1 atom stereocenters. The normalized spacial score (nSPS) is 16.0. The minimum atomic E-state index is -0.000140. The predicted molar refractivity (Wildman–Crippen MR) is 126 cm³/mol. The van der Waals surface area contributed by atoms with E-state index in [-0.39, 0.29) is 6.10 Å². The van der Waals surface area contributed by atoms with Crippen LogP contribution in [0.5, 0.6) is 11.5 Å². The van der Waals surface area contributed by atoms with Crippen LogP contribution in [0.2, 0.25) is 0 Å². The maximum atomic E-state index is 6.45.